The fourth-order valence-corrected chi connectivity index (χ4v) is 2.02. The summed E-state index contributed by atoms with van der Waals surface area (Å²) >= 11 is 0. The van der Waals surface area contributed by atoms with Gasteiger partial charge in [-0.1, -0.05) is 6.07 Å². The maximum Gasteiger partial charge on any atom is 0.337 e. The molecule has 0 saturated carbocycles. The quantitative estimate of drug-likeness (QED) is 0.750. The van der Waals surface area contributed by atoms with E-state index in [1.54, 1.807) is 0 Å². The smallest absolute Gasteiger partial charge is 0.337 e. The van der Waals surface area contributed by atoms with Crippen molar-refractivity contribution < 1.29 is 14.3 Å². The number of nitrogens with one attached hydrogen (secondary N) is 2. The van der Waals surface area contributed by atoms with Gasteiger partial charge in [-0.2, -0.15) is 0 Å². The van der Waals surface area contributed by atoms with Gasteiger partial charge in [-0.3, -0.25) is 0 Å². The minimum atomic E-state index is -1.11. The SMILES string of the molecule is O=C(O)c1cccc(F)c1NC1CCNCC1. The lowest BCUT2D eigenvalue weighted by Gasteiger charge is -2.25. The maximum atomic E-state index is 13.6. The zero-order valence-corrected chi connectivity index (χ0v) is 9.37. The number of carboxylic acid groups (broad SMARTS) is 1. The Labute approximate surface area is 98.8 Å². The standard InChI is InChI=1S/C12H15FN2O2/c13-10-3-1-2-9(12(16)17)11(10)15-8-4-6-14-7-5-8/h1-3,8,14-15H,4-7H2,(H,16,17). The van der Waals surface area contributed by atoms with E-state index < -0.39 is 11.8 Å². The second-order valence-electron chi connectivity index (χ2n) is 4.14. The molecule has 3 N–H and O–H groups in total. The second kappa shape index (κ2) is 5.14. The number of hydrogen-bond donors (Lipinski definition) is 3. The molecule has 0 amide bonds. The summed E-state index contributed by atoms with van der Waals surface area (Å²) in [5.74, 6) is -1.62. The summed E-state index contributed by atoms with van der Waals surface area (Å²) in [7, 11) is 0. The fraction of sp³-hybridized carbons (Fsp3) is 0.417. The minimum absolute atomic E-state index is 0.0106. The highest BCUT2D eigenvalue weighted by Crippen LogP contribution is 2.22. The van der Waals surface area contributed by atoms with Crippen LogP contribution in [0, 0.1) is 5.82 Å². The summed E-state index contributed by atoms with van der Waals surface area (Å²) in [6.45, 7) is 1.74. The first-order chi connectivity index (χ1) is 8.18. The monoisotopic (exact) mass is 238 g/mol. The van der Waals surface area contributed by atoms with Gasteiger partial charge in [0.1, 0.15) is 5.82 Å². The van der Waals surface area contributed by atoms with Gasteiger partial charge in [-0.15, -0.1) is 0 Å². The van der Waals surface area contributed by atoms with E-state index in [-0.39, 0.29) is 17.3 Å². The Hall–Kier alpha value is -1.62. The Balaban J connectivity index is 2.21. The Morgan fingerprint density at radius 3 is 2.76 bits per heavy atom. The number of hydrogen-bond acceptors (Lipinski definition) is 3. The molecule has 0 radical (unpaired) electrons. The number of piperidine rings is 1. The van der Waals surface area contributed by atoms with Crippen LogP contribution in [0.2, 0.25) is 0 Å². The van der Waals surface area contributed by atoms with Crippen molar-refractivity contribution in [3.05, 3.63) is 29.6 Å². The summed E-state index contributed by atoms with van der Waals surface area (Å²) in [6, 6.07) is 4.23. The van der Waals surface area contributed by atoms with Gasteiger partial charge in [0.2, 0.25) is 0 Å². The topological polar surface area (TPSA) is 61.4 Å². The van der Waals surface area contributed by atoms with Crippen molar-refractivity contribution in [2.24, 2.45) is 0 Å². The molecule has 1 aliphatic heterocycles. The predicted octanol–water partition coefficient (Wildman–Crippen LogP) is 1.69. The van der Waals surface area contributed by atoms with Gasteiger partial charge in [-0.25, -0.2) is 9.18 Å². The Bertz CT molecular complexity index is 417. The average molecular weight is 238 g/mol. The van der Waals surface area contributed by atoms with Crippen LogP contribution in [-0.4, -0.2) is 30.2 Å². The van der Waals surface area contributed by atoms with Gasteiger partial charge in [0.05, 0.1) is 11.3 Å². The molecule has 1 aromatic carbocycles. The van der Waals surface area contributed by atoms with E-state index in [1.807, 2.05) is 0 Å². The number of aromatic carboxylic acids is 1. The highest BCUT2D eigenvalue weighted by atomic mass is 19.1. The minimum Gasteiger partial charge on any atom is -0.478 e. The third-order valence-corrected chi connectivity index (χ3v) is 2.93. The third-order valence-electron chi connectivity index (χ3n) is 2.93. The molecule has 1 saturated heterocycles. The van der Waals surface area contributed by atoms with E-state index in [9.17, 15) is 9.18 Å². The third kappa shape index (κ3) is 2.74. The zero-order chi connectivity index (χ0) is 12.3. The van der Waals surface area contributed by atoms with Crippen LogP contribution in [0.4, 0.5) is 10.1 Å². The van der Waals surface area contributed by atoms with Crippen molar-refractivity contribution in [1.29, 1.82) is 0 Å². The van der Waals surface area contributed by atoms with Crippen LogP contribution in [0.1, 0.15) is 23.2 Å². The number of anilines is 1. The lowest BCUT2D eigenvalue weighted by atomic mass is 10.0. The molecule has 1 aliphatic rings. The van der Waals surface area contributed by atoms with Crippen molar-refractivity contribution in [2.45, 2.75) is 18.9 Å². The summed E-state index contributed by atoms with van der Waals surface area (Å²) < 4.78 is 13.6. The van der Waals surface area contributed by atoms with Crippen LogP contribution in [0.25, 0.3) is 0 Å². The van der Waals surface area contributed by atoms with E-state index in [0.29, 0.717) is 0 Å². The molecule has 0 aliphatic carbocycles. The molecule has 17 heavy (non-hydrogen) atoms. The summed E-state index contributed by atoms with van der Waals surface area (Å²) in [4.78, 5) is 11.0. The molecule has 0 atom stereocenters. The fourth-order valence-electron chi connectivity index (χ4n) is 2.02. The molecular formula is C12H15FN2O2. The van der Waals surface area contributed by atoms with Crippen molar-refractivity contribution in [3.63, 3.8) is 0 Å². The van der Waals surface area contributed by atoms with Gasteiger partial charge in [0, 0.05) is 6.04 Å². The van der Waals surface area contributed by atoms with Crippen LogP contribution in [-0.2, 0) is 0 Å². The van der Waals surface area contributed by atoms with Gasteiger partial charge in [-0.05, 0) is 38.1 Å². The second-order valence-corrected chi connectivity index (χ2v) is 4.14. The lowest BCUT2D eigenvalue weighted by molar-refractivity contribution is 0.0697. The first kappa shape index (κ1) is 11.9. The molecular weight excluding hydrogens is 223 g/mol. The average Bonchev–Trinajstić information content (AvgIpc) is 2.33. The van der Waals surface area contributed by atoms with E-state index >= 15 is 0 Å². The lowest BCUT2D eigenvalue weighted by Crippen LogP contribution is -2.35. The van der Waals surface area contributed by atoms with Crippen LogP contribution in [0.15, 0.2) is 18.2 Å². The molecule has 2 rings (SSSR count). The van der Waals surface area contributed by atoms with Crippen molar-refractivity contribution in [1.82, 2.24) is 5.32 Å². The molecule has 1 fully saturated rings. The number of rotatable bonds is 3. The van der Waals surface area contributed by atoms with Crippen molar-refractivity contribution in [2.75, 3.05) is 18.4 Å². The Morgan fingerprint density at radius 2 is 2.12 bits per heavy atom. The van der Waals surface area contributed by atoms with E-state index in [1.165, 1.54) is 18.2 Å². The number of para-hydroxylation sites is 1. The predicted molar refractivity (Wildman–Crippen MR) is 62.9 cm³/mol. The van der Waals surface area contributed by atoms with Gasteiger partial charge < -0.3 is 15.7 Å². The largest absolute Gasteiger partial charge is 0.478 e. The first-order valence-electron chi connectivity index (χ1n) is 5.67. The molecule has 5 heteroatoms. The van der Waals surface area contributed by atoms with E-state index in [4.69, 9.17) is 5.11 Å². The molecule has 92 valence electrons. The Morgan fingerprint density at radius 1 is 1.41 bits per heavy atom. The summed E-state index contributed by atoms with van der Waals surface area (Å²) in [6.07, 6.45) is 1.74. The number of halogens is 1. The van der Waals surface area contributed by atoms with Crippen LogP contribution >= 0.6 is 0 Å². The van der Waals surface area contributed by atoms with Crippen LogP contribution in [0.3, 0.4) is 0 Å². The molecule has 1 aromatic rings. The molecule has 0 spiro atoms. The first-order valence-corrected chi connectivity index (χ1v) is 5.67. The number of carbonyl (C=O) groups is 1. The molecule has 0 unspecified atom stereocenters. The molecule has 4 nitrogen and oxygen atoms in total. The van der Waals surface area contributed by atoms with Crippen molar-refractivity contribution in [3.8, 4) is 0 Å². The van der Waals surface area contributed by atoms with Crippen LogP contribution in [0.5, 0.6) is 0 Å². The van der Waals surface area contributed by atoms with Gasteiger partial charge in [0.15, 0.2) is 0 Å². The zero-order valence-electron chi connectivity index (χ0n) is 9.37. The number of carboxylic acids is 1. The van der Waals surface area contributed by atoms with Gasteiger partial charge in [0.25, 0.3) is 0 Å². The van der Waals surface area contributed by atoms with Crippen molar-refractivity contribution >= 4 is 11.7 Å². The van der Waals surface area contributed by atoms with E-state index in [0.717, 1.165) is 25.9 Å². The Kier molecular flexibility index (Phi) is 3.58. The normalized spacial score (nSPS) is 16.8. The molecule has 0 bridgehead atoms. The highest BCUT2D eigenvalue weighted by molar-refractivity contribution is 5.94. The maximum absolute atomic E-state index is 13.6. The summed E-state index contributed by atoms with van der Waals surface area (Å²) in [5, 5.41) is 15.2. The number of benzene rings is 1. The van der Waals surface area contributed by atoms with Crippen LogP contribution < -0.4 is 10.6 Å². The van der Waals surface area contributed by atoms with Gasteiger partial charge >= 0.3 is 5.97 Å². The van der Waals surface area contributed by atoms with E-state index in [2.05, 4.69) is 10.6 Å². The highest BCUT2D eigenvalue weighted by Gasteiger charge is 2.19. The molecule has 1 heterocycles. The summed E-state index contributed by atoms with van der Waals surface area (Å²) in [5.41, 5.74) is 0.0930. The molecule has 0 aromatic heterocycles.